The van der Waals surface area contributed by atoms with E-state index in [1.807, 2.05) is 24.3 Å². The Kier molecular flexibility index (Phi) is 9.10. The highest BCUT2D eigenvalue weighted by Gasteiger charge is 2.33. The first-order chi connectivity index (χ1) is 18.3. The highest BCUT2D eigenvalue weighted by molar-refractivity contribution is 5.97. The molecule has 2 aromatic rings. The Balaban J connectivity index is 1.26. The molecule has 10 heteroatoms. The number of anilines is 1. The maximum atomic E-state index is 12.4. The molecule has 0 saturated carbocycles. The van der Waals surface area contributed by atoms with Gasteiger partial charge in [0.05, 0.1) is 12.6 Å². The zero-order chi connectivity index (χ0) is 27.1. The predicted octanol–water partition coefficient (Wildman–Crippen LogP) is 0.693. The van der Waals surface area contributed by atoms with Crippen LogP contribution in [0.5, 0.6) is 0 Å². The maximum Gasteiger partial charge on any atom is 0.268 e. The molecule has 0 radical (unpaired) electrons. The monoisotopic (exact) mass is 519 g/mol. The summed E-state index contributed by atoms with van der Waals surface area (Å²) in [6, 6.07) is 12.8. The number of benzene rings is 2. The number of hydrogen-bond donors (Lipinski definition) is 6. The lowest BCUT2D eigenvalue weighted by Gasteiger charge is -2.45. The third kappa shape index (κ3) is 7.18. The Bertz CT molecular complexity index is 1190. The van der Waals surface area contributed by atoms with Gasteiger partial charge >= 0.3 is 0 Å². The first-order valence-electron chi connectivity index (χ1n) is 12.7. The van der Waals surface area contributed by atoms with Crippen LogP contribution < -0.4 is 21.4 Å². The summed E-state index contributed by atoms with van der Waals surface area (Å²) in [7, 11) is 0. The van der Waals surface area contributed by atoms with Crippen LogP contribution in [0.1, 0.15) is 41.3 Å². The average Bonchev–Trinajstić information content (AvgIpc) is 2.94. The molecule has 10 nitrogen and oxygen atoms in total. The van der Waals surface area contributed by atoms with E-state index in [9.17, 15) is 19.5 Å². The number of nitrogens with one attached hydrogen (secondary N) is 4. The first-order valence-corrected chi connectivity index (χ1v) is 12.7. The SMILES string of the molecule is C[C@@H](O)[C@H](NC(=O)c1ccc(C#Cc2ccc(NC(=O)CN[C@H]3CN4CCC3CC4)cc2)cc1)C(=O)NO. The van der Waals surface area contributed by atoms with Crippen LogP contribution in [0.25, 0.3) is 0 Å². The second-order valence-corrected chi connectivity index (χ2v) is 9.75. The van der Waals surface area contributed by atoms with Crippen molar-refractivity contribution in [2.45, 2.75) is 38.0 Å². The van der Waals surface area contributed by atoms with Crippen LogP contribution in [-0.4, -0.2) is 77.3 Å². The van der Waals surface area contributed by atoms with Crippen molar-refractivity contribution in [3.8, 4) is 11.8 Å². The molecule has 3 heterocycles. The molecule has 0 aliphatic carbocycles. The zero-order valence-corrected chi connectivity index (χ0v) is 21.2. The van der Waals surface area contributed by atoms with E-state index < -0.39 is 24.0 Å². The molecule has 3 saturated heterocycles. The average molecular weight is 520 g/mol. The molecule has 3 atom stereocenters. The molecule has 3 aliphatic heterocycles. The summed E-state index contributed by atoms with van der Waals surface area (Å²) in [4.78, 5) is 38.8. The smallest absolute Gasteiger partial charge is 0.268 e. The topological polar surface area (TPSA) is 143 Å². The Morgan fingerprint density at radius 3 is 2.13 bits per heavy atom. The van der Waals surface area contributed by atoms with E-state index in [0.29, 0.717) is 29.8 Å². The number of aliphatic hydroxyl groups excluding tert-OH is 1. The van der Waals surface area contributed by atoms with Crippen LogP contribution in [0.3, 0.4) is 0 Å². The Morgan fingerprint density at radius 2 is 1.61 bits per heavy atom. The zero-order valence-electron chi connectivity index (χ0n) is 21.2. The molecule has 6 N–H and O–H groups in total. The number of amides is 3. The van der Waals surface area contributed by atoms with Crippen LogP contribution in [-0.2, 0) is 9.59 Å². The minimum atomic E-state index is -1.29. The van der Waals surface area contributed by atoms with E-state index >= 15 is 0 Å². The highest BCUT2D eigenvalue weighted by atomic mass is 16.5. The molecule has 3 fully saturated rings. The van der Waals surface area contributed by atoms with Crippen molar-refractivity contribution in [3.05, 3.63) is 65.2 Å². The number of fused-ring (bicyclic) bond motifs is 3. The number of piperidine rings is 3. The van der Waals surface area contributed by atoms with Gasteiger partial charge in [-0.25, -0.2) is 5.48 Å². The Labute approximate surface area is 221 Å². The van der Waals surface area contributed by atoms with Gasteiger partial charge in [0.25, 0.3) is 11.8 Å². The van der Waals surface area contributed by atoms with Crippen molar-refractivity contribution in [1.29, 1.82) is 0 Å². The van der Waals surface area contributed by atoms with E-state index in [0.717, 1.165) is 12.1 Å². The largest absolute Gasteiger partial charge is 0.391 e. The summed E-state index contributed by atoms with van der Waals surface area (Å²) < 4.78 is 0. The Hall–Kier alpha value is -3.75. The molecule has 38 heavy (non-hydrogen) atoms. The van der Waals surface area contributed by atoms with E-state index in [2.05, 4.69) is 32.7 Å². The number of nitrogens with zero attached hydrogens (tertiary/aromatic N) is 1. The molecule has 0 aromatic heterocycles. The summed E-state index contributed by atoms with van der Waals surface area (Å²) in [5, 5.41) is 27.1. The molecule has 2 aromatic carbocycles. The maximum absolute atomic E-state index is 12.4. The highest BCUT2D eigenvalue weighted by Crippen LogP contribution is 2.27. The van der Waals surface area contributed by atoms with Gasteiger partial charge in [0.1, 0.15) is 6.04 Å². The first kappa shape index (κ1) is 27.3. The molecular weight excluding hydrogens is 486 g/mol. The van der Waals surface area contributed by atoms with E-state index in [1.165, 1.54) is 38.3 Å². The van der Waals surface area contributed by atoms with Crippen molar-refractivity contribution in [2.75, 3.05) is 31.5 Å². The fourth-order valence-corrected chi connectivity index (χ4v) is 4.81. The lowest BCUT2D eigenvalue weighted by Crippen LogP contribution is -2.57. The van der Waals surface area contributed by atoms with Crippen molar-refractivity contribution < 1.29 is 24.7 Å². The molecular formula is C28H33N5O5. The van der Waals surface area contributed by atoms with Gasteiger partial charge in [0, 0.05) is 35.0 Å². The quantitative estimate of drug-likeness (QED) is 0.171. The summed E-state index contributed by atoms with van der Waals surface area (Å²) in [6.07, 6.45) is 1.22. The second-order valence-electron chi connectivity index (χ2n) is 9.75. The summed E-state index contributed by atoms with van der Waals surface area (Å²) in [6.45, 7) is 4.99. The molecule has 3 aliphatic rings. The van der Waals surface area contributed by atoms with Gasteiger partial charge < -0.3 is 26.0 Å². The van der Waals surface area contributed by atoms with Gasteiger partial charge in [0.15, 0.2) is 0 Å². The molecule has 2 bridgehead atoms. The summed E-state index contributed by atoms with van der Waals surface area (Å²) in [5.74, 6) is 5.18. The van der Waals surface area contributed by atoms with E-state index in [-0.39, 0.29) is 11.5 Å². The number of carbonyl (C=O) groups excluding carboxylic acids is 3. The molecule has 0 spiro atoms. The van der Waals surface area contributed by atoms with E-state index in [4.69, 9.17) is 5.21 Å². The van der Waals surface area contributed by atoms with Gasteiger partial charge in [0.2, 0.25) is 5.91 Å². The van der Waals surface area contributed by atoms with Gasteiger partial charge in [-0.2, -0.15) is 0 Å². The molecule has 3 amide bonds. The fourth-order valence-electron chi connectivity index (χ4n) is 4.81. The van der Waals surface area contributed by atoms with Gasteiger partial charge in [-0.3, -0.25) is 19.6 Å². The van der Waals surface area contributed by atoms with E-state index in [1.54, 1.807) is 24.3 Å². The second kappa shape index (κ2) is 12.7. The van der Waals surface area contributed by atoms with Crippen LogP contribution in [0.15, 0.2) is 48.5 Å². The normalized spacial score (nSPS) is 21.4. The van der Waals surface area contributed by atoms with Gasteiger partial charge in [-0.1, -0.05) is 11.8 Å². The van der Waals surface area contributed by atoms with Crippen molar-refractivity contribution in [2.24, 2.45) is 5.92 Å². The third-order valence-corrected chi connectivity index (χ3v) is 7.01. The van der Waals surface area contributed by atoms with Crippen LogP contribution in [0.4, 0.5) is 5.69 Å². The van der Waals surface area contributed by atoms with Crippen LogP contribution in [0, 0.1) is 17.8 Å². The Morgan fingerprint density at radius 1 is 1.00 bits per heavy atom. The van der Waals surface area contributed by atoms with Gasteiger partial charge in [-0.05, 0) is 87.3 Å². The standard InChI is InChI=1S/C28H33N5O5/c1-18(34)26(28(37)32-38)31-27(36)22-8-4-19(5-9-22)2-3-20-6-10-23(11-7-20)30-25(35)16-29-24-17-33-14-12-21(24)13-15-33/h4-11,18,21,24,26,29,34,38H,12-17H2,1H3,(H,30,35)(H,31,36)(H,32,37)/t18-,24+,26+/m1/s1. The van der Waals surface area contributed by atoms with Crippen LogP contribution >= 0.6 is 0 Å². The molecule has 200 valence electrons. The summed E-state index contributed by atoms with van der Waals surface area (Å²) in [5.41, 5.74) is 3.85. The number of carbonyl (C=O) groups is 3. The van der Waals surface area contributed by atoms with Crippen molar-refractivity contribution >= 4 is 23.4 Å². The van der Waals surface area contributed by atoms with Gasteiger partial charge in [-0.15, -0.1) is 0 Å². The number of rotatable bonds is 8. The lowest BCUT2D eigenvalue weighted by molar-refractivity contribution is -0.133. The van der Waals surface area contributed by atoms with Crippen LogP contribution in [0.2, 0.25) is 0 Å². The van der Waals surface area contributed by atoms with Crippen molar-refractivity contribution in [3.63, 3.8) is 0 Å². The molecule has 5 rings (SSSR count). The molecule has 0 unspecified atom stereocenters. The predicted molar refractivity (Wildman–Crippen MR) is 141 cm³/mol. The fraction of sp³-hybridized carbons (Fsp3) is 0.393. The third-order valence-electron chi connectivity index (χ3n) is 7.01. The number of hydroxylamine groups is 1. The minimum absolute atomic E-state index is 0.0684. The number of aliphatic hydroxyl groups is 1. The van der Waals surface area contributed by atoms with Crippen molar-refractivity contribution in [1.82, 2.24) is 21.0 Å². The summed E-state index contributed by atoms with van der Waals surface area (Å²) >= 11 is 0. The number of hydrogen-bond acceptors (Lipinski definition) is 7. The minimum Gasteiger partial charge on any atom is -0.391 e. The lowest BCUT2D eigenvalue weighted by atomic mass is 9.84.